The molecular formula is C20H29N3O. The number of nitrogens with zero attached hydrogens (tertiary/aromatic N) is 2. The Hall–Kier alpha value is -1.65. The van der Waals surface area contributed by atoms with Crippen molar-refractivity contribution in [2.24, 2.45) is 5.92 Å². The lowest BCUT2D eigenvalue weighted by Crippen LogP contribution is -2.37. The summed E-state index contributed by atoms with van der Waals surface area (Å²) in [5.74, 6) is 0.474. The number of aliphatic hydroxyl groups excluding tert-OH is 1. The summed E-state index contributed by atoms with van der Waals surface area (Å²) < 4.78 is 0. The van der Waals surface area contributed by atoms with Crippen LogP contribution < -0.4 is 5.32 Å². The van der Waals surface area contributed by atoms with Crippen molar-refractivity contribution in [3.63, 3.8) is 0 Å². The molecule has 1 fully saturated rings. The SMILES string of the molecule is Cc1ccc2c(NCCCN3CCCC(CO)C3)ccnc2c1C. The summed E-state index contributed by atoms with van der Waals surface area (Å²) in [5, 5.41) is 14.1. The normalized spacial score (nSPS) is 18.9. The van der Waals surface area contributed by atoms with Crippen LogP contribution in [0.4, 0.5) is 5.69 Å². The molecule has 2 aromatic rings. The minimum Gasteiger partial charge on any atom is -0.396 e. The molecule has 2 N–H and O–H groups in total. The van der Waals surface area contributed by atoms with Gasteiger partial charge in [-0.05, 0) is 69.3 Å². The number of fused-ring (bicyclic) bond motifs is 1. The van der Waals surface area contributed by atoms with Gasteiger partial charge >= 0.3 is 0 Å². The van der Waals surface area contributed by atoms with E-state index in [1.165, 1.54) is 41.6 Å². The number of hydrogen-bond donors (Lipinski definition) is 2. The molecule has 0 bridgehead atoms. The Morgan fingerprint density at radius 2 is 2.17 bits per heavy atom. The van der Waals surface area contributed by atoms with E-state index in [1.54, 1.807) is 0 Å². The second kappa shape index (κ2) is 7.95. The van der Waals surface area contributed by atoms with E-state index in [4.69, 9.17) is 0 Å². The third-order valence-corrected chi connectivity index (χ3v) is 5.26. The predicted molar refractivity (Wildman–Crippen MR) is 101 cm³/mol. The Kier molecular flexibility index (Phi) is 5.69. The van der Waals surface area contributed by atoms with Crippen molar-refractivity contribution < 1.29 is 5.11 Å². The second-order valence-corrected chi connectivity index (χ2v) is 7.03. The van der Waals surface area contributed by atoms with E-state index in [0.29, 0.717) is 12.5 Å². The monoisotopic (exact) mass is 327 g/mol. The van der Waals surface area contributed by atoms with Crippen molar-refractivity contribution in [3.05, 3.63) is 35.5 Å². The molecule has 1 aliphatic rings. The summed E-state index contributed by atoms with van der Waals surface area (Å²) in [5.41, 5.74) is 4.83. The Morgan fingerprint density at radius 3 is 3.00 bits per heavy atom. The molecule has 0 radical (unpaired) electrons. The predicted octanol–water partition coefficient (Wildman–Crippen LogP) is 3.36. The third-order valence-electron chi connectivity index (χ3n) is 5.26. The highest BCUT2D eigenvalue weighted by molar-refractivity contribution is 5.93. The number of aryl methyl sites for hydroxylation is 2. The molecule has 1 aromatic carbocycles. The number of likely N-dealkylation sites (tertiary alicyclic amines) is 1. The van der Waals surface area contributed by atoms with Crippen LogP contribution in [0.1, 0.15) is 30.4 Å². The maximum atomic E-state index is 9.33. The smallest absolute Gasteiger partial charge is 0.0754 e. The summed E-state index contributed by atoms with van der Waals surface area (Å²) in [7, 11) is 0. The molecule has 1 saturated heterocycles. The first-order chi connectivity index (χ1) is 11.7. The zero-order valence-electron chi connectivity index (χ0n) is 14.9. The third kappa shape index (κ3) is 3.87. The molecule has 0 spiro atoms. The Morgan fingerprint density at radius 1 is 1.29 bits per heavy atom. The van der Waals surface area contributed by atoms with Gasteiger partial charge in [-0.15, -0.1) is 0 Å². The fourth-order valence-electron chi connectivity index (χ4n) is 3.64. The minimum atomic E-state index is 0.330. The number of hydrogen-bond acceptors (Lipinski definition) is 4. The van der Waals surface area contributed by atoms with Crippen molar-refractivity contribution in [2.45, 2.75) is 33.1 Å². The number of pyridine rings is 1. The summed E-state index contributed by atoms with van der Waals surface area (Å²) >= 11 is 0. The maximum Gasteiger partial charge on any atom is 0.0754 e. The molecule has 0 amide bonds. The highest BCUT2D eigenvalue weighted by Gasteiger charge is 2.18. The van der Waals surface area contributed by atoms with Gasteiger partial charge < -0.3 is 15.3 Å². The first-order valence-corrected chi connectivity index (χ1v) is 9.11. The van der Waals surface area contributed by atoms with Crippen LogP contribution in [-0.4, -0.2) is 47.8 Å². The van der Waals surface area contributed by atoms with Crippen LogP contribution in [0.2, 0.25) is 0 Å². The van der Waals surface area contributed by atoms with Gasteiger partial charge in [0.2, 0.25) is 0 Å². The van der Waals surface area contributed by atoms with Crippen LogP contribution in [0.25, 0.3) is 10.9 Å². The number of piperidine rings is 1. The van der Waals surface area contributed by atoms with Gasteiger partial charge in [0.05, 0.1) is 5.52 Å². The molecule has 2 heterocycles. The molecular weight excluding hydrogens is 298 g/mol. The van der Waals surface area contributed by atoms with Crippen LogP contribution in [0.3, 0.4) is 0 Å². The van der Waals surface area contributed by atoms with E-state index < -0.39 is 0 Å². The van der Waals surface area contributed by atoms with Gasteiger partial charge in [0.15, 0.2) is 0 Å². The molecule has 4 heteroatoms. The van der Waals surface area contributed by atoms with Crippen LogP contribution in [0.15, 0.2) is 24.4 Å². The molecule has 1 atom stereocenters. The number of benzene rings is 1. The van der Waals surface area contributed by atoms with Crippen molar-refractivity contribution in [3.8, 4) is 0 Å². The fourth-order valence-corrected chi connectivity index (χ4v) is 3.64. The Labute approximate surface area is 144 Å². The molecule has 0 aliphatic carbocycles. The second-order valence-electron chi connectivity index (χ2n) is 7.03. The Bertz CT molecular complexity index is 686. The minimum absolute atomic E-state index is 0.330. The van der Waals surface area contributed by atoms with Crippen LogP contribution in [0.5, 0.6) is 0 Å². The average molecular weight is 327 g/mol. The van der Waals surface area contributed by atoms with Gasteiger partial charge in [-0.25, -0.2) is 0 Å². The molecule has 1 aromatic heterocycles. The zero-order valence-corrected chi connectivity index (χ0v) is 14.9. The van der Waals surface area contributed by atoms with Gasteiger partial charge in [0, 0.05) is 37.0 Å². The number of anilines is 1. The number of nitrogens with one attached hydrogen (secondary N) is 1. The molecule has 0 saturated carbocycles. The van der Waals surface area contributed by atoms with E-state index in [0.717, 1.165) is 31.6 Å². The van der Waals surface area contributed by atoms with Gasteiger partial charge in [-0.3, -0.25) is 4.98 Å². The first-order valence-electron chi connectivity index (χ1n) is 9.11. The summed E-state index contributed by atoms with van der Waals surface area (Å²) in [6.45, 7) is 8.89. The topological polar surface area (TPSA) is 48.4 Å². The first kappa shape index (κ1) is 17.2. The van der Waals surface area contributed by atoms with Crippen molar-refractivity contribution in [1.82, 2.24) is 9.88 Å². The quantitative estimate of drug-likeness (QED) is 0.799. The van der Waals surface area contributed by atoms with E-state index in [1.807, 2.05) is 6.20 Å². The molecule has 3 rings (SSSR count). The standard InChI is InChI=1S/C20H29N3O/c1-15-6-7-18-19(8-10-22-20(18)16(15)2)21-9-4-12-23-11-3-5-17(13-23)14-24/h6-8,10,17,24H,3-5,9,11-14H2,1-2H3,(H,21,22). The highest BCUT2D eigenvalue weighted by atomic mass is 16.3. The van der Waals surface area contributed by atoms with Gasteiger partial charge in [-0.1, -0.05) is 12.1 Å². The lowest BCUT2D eigenvalue weighted by molar-refractivity contribution is 0.120. The molecule has 1 unspecified atom stereocenters. The van der Waals surface area contributed by atoms with Gasteiger partial charge in [0.25, 0.3) is 0 Å². The summed E-state index contributed by atoms with van der Waals surface area (Å²) in [6, 6.07) is 6.41. The maximum absolute atomic E-state index is 9.33. The number of aliphatic hydroxyl groups is 1. The average Bonchev–Trinajstić information content (AvgIpc) is 2.62. The van der Waals surface area contributed by atoms with Crippen LogP contribution in [-0.2, 0) is 0 Å². The van der Waals surface area contributed by atoms with Crippen molar-refractivity contribution >= 4 is 16.6 Å². The molecule has 4 nitrogen and oxygen atoms in total. The number of rotatable bonds is 6. The zero-order chi connectivity index (χ0) is 16.9. The van der Waals surface area contributed by atoms with E-state index >= 15 is 0 Å². The van der Waals surface area contributed by atoms with Crippen LogP contribution in [0, 0.1) is 19.8 Å². The van der Waals surface area contributed by atoms with Gasteiger partial charge in [-0.2, -0.15) is 0 Å². The van der Waals surface area contributed by atoms with Crippen molar-refractivity contribution in [1.29, 1.82) is 0 Å². The Balaban J connectivity index is 1.56. The summed E-state index contributed by atoms with van der Waals surface area (Å²) in [6.07, 6.45) is 5.40. The van der Waals surface area contributed by atoms with Crippen LogP contribution >= 0.6 is 0 Å². The van der Waals surface area contributed by atoms with Gasteiger partial charge in [0.1, 0.15) is 0 Å². The fraction of sp³-hybridized carbons (Fsp3) is 0.550. The number of aromatic nitrogens is 1. The van der Waals surface area contributed by atoms with Crippen molar-refractivity contribution in [2.75, 3.05) is 38.1 Å². The molecule has 24 heavy (non-hydrogen) atoms. The lowest BCUT2D eigenvalue weighted by Gasteiger charge is -2.31. The van der Waals surface area contributed by atoms with E-state index in [2.05, 4.69) is 47.2 Å². The molecule has 130 valence electrons. The lowest BCUT2D eigenvalue weighted by atomic mass is 9.99. The molecule has 1 aliphatic heterocycles. The van der Waals surface area contributed by atoms with E-state index in [-0.39, 0.29) is 0 Å². The highest BCUT2D eigenvalue weighted by Crippen LogP contribution is 2.26. The summed E-state index contributed by atoms with van der Waals surface area (Å²) in [4.78, 5) is 7.04. The largest absolute Gasteiger partial charge is 0.396 e. The van der Waals surface area contributed by atoms with E-state index in [9.17, 15) is 5.11 Å².